The Balaban J connectivity index is 1.82. The topological polar surface area (TPSA) is 50.9 Å². The summed E-state index contributed by atoms with van der Waals surface area (Å²) in [5.74, 6) is 0. The van der Waals surface area contributed by atoms with Crippen LogP contribution in [0, 0.1) is 0 Å². The van der Waals surface area contributed by atoms with Gasteiger partial charge in [0.2, 0.25) is 0 Å². The molecule has 0 fully saturated rings. The number of nitrogens with one attached hydrogen (secondary N) is 1. The van der Waals surface area contributed by atoms with E-state index in [0.717, 1.165) is 10.2 Å². The van der Waals surface area contributed by atoms with E-state index in [9.17, 15) is 13.2 Å². The third kappa shape index (κ3) is 4.27. The van der Waals surface area contributed by atoms with Crippen LogP contribution in [0.5, 0.6) is 0 Å². The standard InChI is InChI=1S/C12H14F3N3S/c13-12(14,15)5-1-2-6-17-11-18-9-4-3-8(16)7-10(9)19-11/h3-4,7H,1-2,5-6,16H2,(H,17,18). The van der Waals surface area contributed by atoms with Gasteiger partial charge >= 0.3 is 6.18 Å². The number of alkyl halides is 3. The average molecular weight is 289 g/mol. The highest BCUT2D eigenvalue weighted by molar-refractivity contribution is 7.22. The van der Waals surface area contributed by atoms with Crippen LogP contribution in [0.15, 0.2) is 18.2 Å². The Morgan fingerprint density at radius 2 is 2.05 bits per heavy atom. The Hall–Kier alpha value is -1.50. The lowest BCUT2D eigenvalue weighted by Gasteiger charge is -2.05. The van der Waals surface area contributed by atoms with Crippen molar-refractivity contribution < 1.29 is 13.2 Å². The number of nitrogens with zero attached hydrogens (tertiary/aromatic N) is 1. The predicted octanol–water partition coefficient (Wildman–Crippen LogP) is 4.02. The first-order valence-corrected chi connectivity index (χ1v) is 6.72. The van der Waals surface area contributed by atoms with Crippen LogP contribution in [-0.4, -0.2) is 17.7 Å². The van der Waals surface area contributed by atoms with Crippen LogP contribution >= 0.6 is 11.3 Å². The summed E-state index contributed by atoms with van der Waals surface area (Å²) < 4.78 is 36.8. The molecule has 0 amide bonds. The van der Waals surface area contributed by atoms with E-state index in [2.05, 4.69) is 10.3 Å². The van der Waals surface area contributed by atoms with E-state index in [-0.39, 0.29) is 6.42 Å². The Morgan fingerprint density at radius 3 is 2.79 bits per heavy atom. The van der Waals surface area contributed by atoms with Crippen molar-refractivity contribution in [1.82, 2.24) is 4.98 Å². The number of nitrogen functional groups attached to an aromatic ring is 1. The van der Waals surface area contributed by atoms with Crippen molar-refractivity contribution in [2.45, 2.75) is 25.4 Å². The molecule has 0 atom stereocenters. The summed E-state index contributed by atoms with van der Waals surface area (Å²) in [4.78, 5) is 4.33. The minimum absolute atomic E-state index is 0.133. The number of anilines is 2. The first-order valence-electron chi connectivity index (χ1n) is 5.91. The van der Waals surface area contributed by atoms with Crippen molar-refractivity contribution in [1.29, 1.82) is 0 Å². The molecule has 0 aliphatic carbocycles. The van der Waals surface area contributed by atoms with Gasteiger partial charge in [0.05, 0.1) is 10.2 Å². The smallest absolute Gasteiger partial charge is 0.389 e. The van der Waals surface area contributed by atoms with Gasteiger partial charge in [0.15, 0.2) is 5.13 Å². The van der Waals surface area contributed by atoms with Crippen LogP contribution in [-0.2, 0) is 0 Å². The van der Waals surface area contributed by atoms with Gasteiger partial charge in [0.1, 0.15) is 0 Å². The molecule has 0 bridgehead atoms. The van der Waals surface area contributed by atoms with Gasteiger partial charge in [0, 0.05) is 18.7 Å². The molecule has 7 heteroatoms. The van der Waals surface area contributed by atoms with E-state index in [1.54, 1.807) is 6.07 Å². The molecular weight excluding hydrogens is 275 g/mol. The number of unbranched alkanes of at least 4 members (excludes halogenated alkanes) is 1. The van der Waals surface area contributed by atoms with Crippen LogP contribution in [0.25, 0.3) is 10.2 Å². The van der Waals surface area contributed by atoms with Crippen molar-refractivity contribution in [3.63, 3.8) is 0 Å². The lowest BCUT2D eigenvalue weighted by molar-refractivity contribution is -0.135. The van der Waals surface area contributed by atoms with E-state index < -0.39 is 12.6 Å². The van der Waals surface area contributed by atoms with E-state index in [0.29, 0.717) is 23.8 Å². The molecule has 0 radical (unpaired) electrons. The van der Waals surface area contributed by atoms with Gasteiger partial charge in [0.25, 0.3) is 0 Å². The zero-order valence-electron chi connectivity index (χ0n) is 10.1. The quantitative estimate of drug-likeness (QED) is 0.645. The largest absolute Gasteiger partial charge is 0.399 e. The van der Waals surface area contributed by atoms with Crippen molar-refractivity contribution in [3.05, 3.63) is 18.2 Å². The summed E-state index contributed by atoms with van der Waals surface area (Å²) >= 11 is 1.45. The summed E-state index contributed by atoms with van der Waals surface area (Å²) in [6.45, 7) is 0.491. The summed E-state index contributed by atoms with van der Waals surface area (Å²) in [5.41, 5.74) is 7.18. The van der Waals surface area contributed by atoms with Crippen molar-refractivity contribution >= 4 is 32.4 Å². The Morgan fingerprint density at radius 1 is 1.26 bits per heavy atom. The van der Waals surface area contributed by atoms with Gasteiger partial charge in [-0.25, -0.2) is 4.98 Å². The maximum absolute atomic E-state index is 11.9. The van der Waals surface area contributed by atoms with Gasteiger partial charge in [-0.05, 0) is 31.0 Å². The second kappa shape index (κ2) is 5.64. The molecule has 19 heavy (non-hydrogen) atoms. The third-order valence-corrected chi connectivity index (χ3v) is 3.55. The van der Waals surface area contributed by atoms with Crippen molar-refractivity contribution in [3.8, 4) is 0 Å². The first-order chi connectivity index (χ1) is 8.94. The number of aromatic nitrogens is 1. The zero-order valence-corrected chi connectivity index (χ0v) is 10.9. The molecule has 2 aromatic rings. The van der Waals surface area contributed by atoms with Crippen LogP contribution in [0.3, 0.4) is 0 Å². The molecule has 2 rings (SSSR count). The zero-order chi connectivity index (χ0) is 13.9. The number of benzene rings is 1. The second-order valence-corrected chi connectivity index (χ2v) is 5.28. The molecule has 0 aliphatic rings. The molecule has 0 saturated heterocycles. The SMILES string of the molecule is Nc1ccc2nc(NCCCCC(F)(F)F)sc2c1. The molecule has 104 valence electrons. The van der Waals surface area contributed by atoms with Crippen LogP contribution in [0.1, 0.15) is 19.3 Å². The predicted molar refractivity (Wildman–Crippen MR) is 72.4 cm³/mol. The summed E-state index contributed by atoms with van der Waals surface area (Å²) in [5, 5.41) is 3.75. The molecule has 3 nitrogen and oxygen atoms in total. The van der Waals surface area contributed by atoms with Gasteiger partial charge < -0.3 is 11.1 Å². The lowest BCUT2D eigenvalue weighted by Crippen LogP contribution is -2.08. The van der Waals surface area contributed by atoms with E-state index >= 15 is 0 Å². The van der Waals surface area contributed by atoms with Crippen molar-refractivity contribution in [2.75, 3.05) is 17.6 Å². The Bertz CT molecular complexity index is 551. The molecular formula is C12H14F3N3S. The number of rotatable bonds is 5. The minimum Gasteiger partial charge on any atom is -0.399 e. The number of hydrogen-bond acceptors (Lipinski definition) is 4. The second-order valence-electron chi connectivity index (χ2n) is 4.25. The molecule has 0 spiro atoms. The normalized spacial score (nSPS) is 11.9. The Labute approximate surface area is 112 Å². The van der Waals surface area contributed by atoms with E-state index in [1.165, 1.54) is 11.3 Å². The van der Waals surface area contributed by atoms with Gasteiger partial charge in [-0.1, -0.05) is 11.3 Å². The summed E-state index contributed by atoms with van der Waals surface area (Å²) in [6.07, 6.45) is -4.19. The summed E-state index contributed by atoms with van der Waals surface area (Å²) in [7, 11) is 0. The molecule has 3 N–H and O–H groups in total. The first kappa shape index (κ1) is 13.9. The van der Waals surface area contributed by atoms with Crippen LogP contribution < -0.4 is 11.1 Å². The number of hydrogen-bond donors (Lipinski definition) is 2. The van der Waals surface area contributed by atoms with Gasteiger partial charge in [-0.3, -0.25) is 0 Å². The lowest BCUT2D eigenvalue weighted by atomic mass is 10.2. The molecule has 1 heterocycles. The fraction of sp³-hybridized carbons (Fsp3) is 0.417. The number of halogens is 3. The van der Waals surface area contributed by atoms with Crippen LogP contribution in [0.2, 0.25) is 0 Å². The highest BCUT2D eigenvalue weighted by Crippen LogP contribution is 2.27. The molecule has 0 aliphatic heterocycles. The van der Waals surface area contributed by atoms with E-state index in [4.69, 9.17) is 5.73 Å². The minimum atomic E-state index is -4.06. The average Bonchev–Trinajstić information content (AvgIpc) is 2.68. The molecule has 1 aromatic heterocycles. The molecule has 1 aromatic carbocycles. The highest BCUT2D eigenvalue weighted by atomic mass is 32.1. The monoisotopic (exact) mass is 289 g/mol. The third-order valence-electron chi connectivity index (χ3n) is 2.58. The van der Waals surface area contributed by atoms with Crippen LogP contribution in [0.4, 0.5) is 24.0 Å². The van der Waals surface area contributed by atoms with E-state index in [1.807, 2.05) is 12.1 Å². The number of nitrogens with two attached hydrogens (primary N) is 1. The highest BCUT2D eigenvalue weighted by Gasteiger charge is 2.25. The maximum Gasteiger partial charge on any atom is 0.389 e. The van der Waals surface area contributed by atoms with Gasteiger partial charge in [-0.15, -0.1) is 0 Å². The maximum atomic E-state index is 11.9. The molecule has 0 saturated carbocycles. The fourth-order valence-electron chi connectivity index (χ4n) is 1.66. The molecule has 0 unspecified atom stereocenters. The van der Waals surface area contributed by atoms with Crippen molar-refractivity contribution in [2.24, 2.45) is 0 Å². The number of thiazole rings is 1. The summed E-state index contributed by atoms with van der Waals surface area (Å²) in [6, 6.07) is 5.44. The fourth-order valence-corrected chi connectivity index (χ4v) is 2.60. The number of fused-ring (bicyclic) bond motifs is 1. The Kier molecular flexibility index (Phi) is 4.14. The van der Waals surface area contributed by atoms with Gasteiger partial charge in [-0.2, -0.15) is 13.2 Å².